The highest BCUT2D eigenvalue weighted by Gasteiger charge is 2.12. The second-order valence-corrected chi connectivity index (χ2v) is 6.82. The summed E-state index contributed by atoms with van der Waals surface area (Å²) in [6.45, 7) is 0. The lowest BCUT2D eigenvalue weighted by Crippen LogP contribution is -2.08. The van der Waals surface area contributed by atoms with Crippen molar-refractivity contribution in [3.63, 3.8) is 0 Å². The van der Waals surface area contributed by atoms with Crippen LogP contribution in [0.4, 0.5) is 0 Å². The Morgan fingerprint density at radius 3 is 2.48 bits per heavy atom. The van der Waals surface area contributed by atoms with E-state index in [-0.39, 0.29) is 11.0 Å². The first kappa shape index (κ1) is 14.0. The van der Waals surface area contributed by atoms with E-state index in [1.807, 2.05) is 48.5 Å². The third-order valence-electron chi connectivity index (χ3n) is 3.13. The zero-order valence-electron chi connectivity index (χ0n) is 11.1. The second-order valence-electron chi connectivity index (χ2n) is 4.52. The molecule has 0 bridgehead atoms. The summed E-state index contributed by atoms with van der Waals surface area (Å²) in [7, 11) is 0. The normalized spacial score (nSPS) is 10.7. The van der Waals surface area contributed by atoms with Crippen molar-refractivity contribution < 1.29 is 4.79 Å². The molecule has 0 amide bonds. The minimum atomic E-state index is -0.171. The van der Waals surface area contributed by atoms with E-state index in [2.05, 4.69) is 0 Å². The maximum atomic E-state index is 12.4. The van der Waals surface area contributed by atoms with Gasteiger partial charge < -0.3 is 0 Å². The number of benzene rings is 2. The van der Waals surface area contributed by atoms with Crippen LogP contribution in [0.15, 0.2) is 63.6 Å². The molecule has 0 atom stereocenters. The Hall–Kier alpha value is -1.91. The predicted octanol–water partition coefficient (Wildman–Crippen LogP) is 4.37. The van der Waals surface area contributed by atoms with Crippen LogP contribution in [0.3, 0.4) is 0 Å². The van der Waals surface area contributed by atoms with Gasteiger partial charge in [0.15, 0.2) is 11.7 Å². The van der Waals surface area contributed by atoms with Crippen LogP contribution in [-0.4, -0.2) is 6.29 Å². The molecule has 0 spiro atoms. The number of aldehydes is 1. The molecule has 21 heavy (non-hydrogen) atoms. The maximum absolute atomic E-state index is 12.4. The summed E-state index contributed by atoms with van der Waals surface area (Å²) >= 11 is 3.04. The van der Waals surface area contributed by atoms with Gasteiger partial charge in [-0.25, -0.2) is 0 Å². The van der Waals surface area contributed by atoms with E-state index in [0.29, 0.717) is 11.7 Å². The Balaban J connectivity index is 2.01. The molecular formula is C17H12O2S2. The first-order chi connectivity index (χ1) is 10.3. The van der Waals surface area contributed by atoms with E-state index in [4.69, 9.17) is 0 Å². The van der Waals surface area contributed by atoms with Crippen molar-refractivity contribution in [3.05, 3.63) is 75.9 Å². The van der Waals surface area contributed by atoms with Crippen LogP contribution >= 0.6 is 23.1 Å². The number of fused-ring (bicyclic) bond motifs is 1. The van der Waals surface area contributed by atoms with Gasteiger partial charge in [-0.05, 0) is 17.7 Å². The van der Waals surface area contributed by atoms with Crippen molar-refractivity contribution in [3.8, 4) is 0 Å². The lowest BCUT2D eigenvalue weighted by Gasteiger charge is -2.05. The van der Waals surface area contributed by atoms with E-state index in [0.717, 1.165) is 14.7 Å². The van der Waals surface area contributed by atoms with E-state index < -0.39 is 0 Å². The number of hydrogen-bond donors (Lipinski definition) is 0. The predicted molar refractivity (Wildman–Crippen MR) is 89.5 cm³/mol. The lowest BCUT2D eigenvalue weighted by atomic mass is 10.2. The Bertz CT molecular complexity index is 838. The molecule has 0 N–H and O–H groups in total. The van der Waals surface area contributed by atoms with Crippen LogP contribution < -0.4 is 5.43 Å². The zero-order valence-corrected chi connectivity index (χ0v) is 12.7. The van der Waals surface area contributed by atoms with Crippen LogP contribution in [0.5, 0.6) is 0 Å². The van der Waals surface area contributed by atoms with Crippen molar-refractivity contribution in [2.45, 2.75) is 9.96 Å². The van der Waals surface area contributed by atoms with Gasteiger partial charge >= 0.3 is 0 Å². The van der Waals surface area contributed by atoms with Crippen LogP contribution in [0.2, 0.25) is 0 Å². The summed E-state index contributed by atoms with van der Waals surface area (Å²) in [6.07, 6.45) is 0.679. The molecule has 1 aromatic heterocycles. The van der Waals surface area contributed by atoms with Gasteiger partial charge in [-0.3, -0.25) is 9.59 Å². The molecular weight excluding hydrogens is 300 g/mol. The first-order valence-corrected chi connectivity index (χ1v) is 8.27. The van der Waals surface area contributed by atoms with E-state index in [1.54, 1.807) is 17.8 Å². The van der Waals surface area contributed by atoms with Crippen LogP contribution in [-0.2, 0) is 5.75 Å². The molecule has 1 heterocycles. The standard InChI is InChI=1S/C17H12O2S2/c18-10-14-16(19)13-8-4-5-9-15(13)21-17(14)20-11-12-6-2-1-3-7-12/h1-10H,11H2. The van der Waals surface area contributed by atoms with Gasteiger partial charge in [0.05, 0.1) is 9.77 Å². The lowest BCUT2D eigenvalue weighted by molar-refractivity contribution is 0.112. The molecule has 0 saturated heterocycles. The molecule has 2 nitrogen and oxygen atoms in total. The molecule has 0 aliphatic rings. The summed E-state index contributed by atoms with van der Waals surface area (Å²) in [5, 5.41) is 0.619. The summed E-state index contributed by atoms with van der Waals surface area (Å²) in [6, 6.07) is 17.4. The van der Waals surface area contributed by atoms with Crippen molar-refractivity contribution in [2.24, 2.45) is 0 Å². The van der Waals surface area contributed by atoms with Crippen LogP contribution in [0.1, 0.15) is 15.9 Å². The SMILES string of the molecule is O=Cc1c(SCc2ccccc2)sc2ccccc2c1=O. The molecule has 0 aliphatic heterocycles. The van der Waals surface area contributed by atoms with Gasteiger partial charge in [0.25, 0.3) is 0 Å². The topological polar surface area (TPSA) is 34.1 Å². The quantitative estimate of drug-likeness (QED) is 0.530. The first-order valence-electron chi connectivity index (χ1n) is 6.47. The highest BCUT2D eigenvalue weighted by molar-refractivity contribution is 8.00. The second kappa shape index (κ2) is 6.24. The average molecular weight is 312 g/mol. The number of carbonyl (C=O) groups excluding carboxylic acids is 1. The van der Waals surface area contributed by atoms with Crippen LogP contribution in [0, 0.1) is 0 Å². The molecule has 0 radical (unpaired) electrons. The molecule has 3 rings (SSSR count). The van der Waals surface area contributed by atoms with Gasteiger partial charge in [0, 0.05) is 15.8 Å². The molecule has 0 aliphatic carbocycles. The summed E-state index contributed by atoms with van der Waals surface area (Å²) in [5.74, 6) is 0.746. The third kappa shape index (κ3) is 2.91. The Labute approximate surface area is 130 Å². The monoisotopic (exact) mass is 312 g/mol. The molecule has 0 saturated carbocycles. The Morgan fingerprint density at radius 1 is 1.00 bits per heavy atom. The molecule has 3 aromatic rings. The van der Waals surface area contributed by atoms with E-state index in [9.17, 15) is 9.59 Å². The van der Waals surface area contributed by atoms with Gasteiger partial charge in [-0.1, -0.05) is 42.5 Å². The molecule has 104 valence electrons. The van der Waals surface area contributed by atoms with Crippen LogP contribution in [0.25, 0.3) is 10.1 Å². The number of thioether (sulfide) groups is 1. The Morgan fingerprint density at radius 2 is 1.71 bits per heavy atom. The molecule has 0 fully saturated rings. The summed E-state index contributed by atoms with van der Waals surface area (Å²) in [4.78, 5) is 23.7. The molecule has 2 aromatic carbocycles. The van der Waals surface area contributed by atoms with Gasteiger partial charge in [-0.15, -0.1) is 23.1 Å². The van der Waals surface area contributed by atoms with E-state index >= 15 is 0 Å². The van der Waals surface area contributed by atoms with Gasteiger partial charge in [0.2, 0.25) is 0 Å². The fraction of sp³-hybridized carbons (Fsp3) is 0.0588. The number of rotatable bonds is 4. The van der Waals surface area contributed by atoms with E-state index in [1.165, 1.54) is 16.9 Å². The van der Waals surface area contributed by atoms with Gasteiger partial charge in [-0.2, -0.15) is 0 Å². The van der Waals surface area contributed by atoms with Crippen molar-refractivity contribution in [2.75, 3.05) is 0 Å². The highest BCUT2D eigenvalue weighted by atomic mass is 32.2. The summed E-state index contributed by atoms with van der Waals surface area (Å²) < 4.78 is 1.71. The zero-order chi connectivity index (χ0) is 14.7. The summed E-state index contributed by atoms with van der Waals surface area (Å²) in [5.41, 5.74) is 1.28. The third-order valence-corrected chi connectivity index (χ3v) is 5.67. The number of carbonyl (C=O) groups is 1. The minimum absolute atomic E-state index is 0.171. The largest absolute Gasteiger partial charge is 0.298 e. The average Bonchev–Trinajstić information content (AvgIpc) is 2.54. The molecule has 0 unspecified atom stereocenters. The van der Waals surface area contributed by atoms with Gasteiger partial charge in [0.1, 0.15) is 0 Å². The maximum Gasteiger partial charge on any atom is 0.199 e. The smallest absolute Gasteiger partial charge is 0.199 e. The fourth-order valence-corrected chi connectivity index (χ4v) is 4.40. The fourth-order valence-electron chi connectivity index (χ4n) is 2.07. The van der Waals surface area contributed by atoms with Crippen molar-refractivity contribution in [1.29, 1.82) is 0 Å². The van der Waals surface area contributed by atoms with Crippen molar-refractivity contribution in [1.82, 2.24) is 0 Å². The minimum Gasteiger partial charge on any atom is -0.298 e. The number of hydrogen-bond acceptors (Lipinski definition) is 4. The Kier molecular flexibility index (Phi) is 4.18. The van der Waals surface area contributed by atoms with Crippen molar-refractivity contribution >= 4 is 39.5 Å². The highest BCUT2D eigenvalue weighted by Crippen LogP contribution is 2.32. The molecule has 4 heteroatoms.